The Morgan fingerprint density at radius 3 is 2.46 bits per heavy atom. The predicted octanol–water partition coefficient (Wildman–Crippen LogP) is 4.40. The van der Waals surface area contributed by atoms with Crippen molar-refractivity contribution in [2.24, 2.45) is 10.8 Å². The Hall–Kier alpha value is -2.30. The minimum absolute atomic E-state index is 0.131. The highest BCUT2D eigenvalue weighted by Crippen LogP contribution is 2.51. The standard InChI is InChI=1S/C23H30N2O3/c1-22(2)11-17(12-23(3,4)15-22)16-5-7-18(8-6-16)27-14-19-13-25-10-9-20(26)24-21(25)28-19/h5-10,17,19H,11-15H2,1-4H3. The molecule has 4 rings (SSSR count). The molecule has 1 aliphatic heterocycles. The minimum atomic E-state index is -0.280. The molecular formula is C23H30N2O3. The first kappa shape index (κ1) is 19.0. The van der Waals surface area contributed by atoms with Crippen LogP contribution >= 0.6 is 0 Å². The molecule has 0 bridgehead atoms. The Labute approximate surface area is 166 Å². The highest BCUT2D eigenvalue weighted by atomic mass is 16.6. The number of rotatable bonds is 4. The third-order valence-corrected chi connectivity index (χ3v) is 5.86. The number of nitrogens with zero attached hydrogens (tertiary/aromatic N) is 2. The van der Waals surface area contributed by atoms with Crippen LogP contribution in [0.4, 0.5) is 0 Å². The molecule has 1 fully saturated rings. The van der Waals surface area contributed by atoms with Crippen LogP contribution in [0.15, 0.2) is 41.3 Å². The maximum Gasteiger partial charge on any atom is 0.300 e. The maximum absolute atomic E-state index is 11.3. The number of hydrogen-bond donors (Lipinski definition) is 0. The molecule has 1 unspecified atom stereocenters. The summed E-state index contributed by atoms with van der Waals surface area (Å²) < 4.78 is 13.5. The second-order valence-corrected chi connectivity index (χ2v) is 9.93. The van der Waals surface area contributed by atoms with Gasteiger partial charge in [-0.1, -0.05) is 39.8 Å². The summed E-state index contributed by atoms with van der Waals surface area (Å²) in [6.45, 7) is 10.6. The molecule has 0 saturated heterocycles. The smallest absolute Gasteiger partial charge is 0.300 e. The fourth-order valence-corrected chi connectivity index (χ4v) is 5.25. The van der Waals surface area contributed by atoms with Crippen LogP contribution in [0.5, 0.6) is 11.8 Å². The molecule has 1 aliphatic carbocycles. The van der Waals surface area contributed by atoms with Crippen molar-refractivity contribution in [2.45, 2.75) is 65.5 Å². The molecule has 1 saturated carbocycles. The van der Waals surface area contributed by atoms with E-state index in [0.29, 0.717) is 35.9 Å². The van der Waals surface area contributed by atoms with E-state index < -0.39 is 0 Å². The average molecular weight is 383 g/mol. The van der Waals surface area contributed by atoms with Crippen LogP contribution in [0.3, 0.4) is 0 Å². The van der Waals surface area contributed by atoms with Gasteiger partial charge < -0.3 is 9.47 Å². The fraction of sp³-hybridized carbons (Fsp3) is 0.565. The van der Waals surface area contributed by atoms with Crippen LogP contribution in [0.1, 0.15) is 58.4 Å². The Morgan fingerprint density at radius 2 is 1.79 bits per heavy atom. The van der Waals surface area contributed by atoms with Crippen LogP contribution in [-0.4, -0.2) is 22.3 Å². The van der Waals surface area contributed by atoms with Gasteiger partial charge in [-0.3, -0.25) is 9.36 Å². The normalized spacial score (nSPS) is 23.1. The Morgan fingerprint density at radius 1 is 1.11 bits per heavy atom. The predicted molar refractivity (Wildman–Crippen MR) is 109 cm³/mol. The van der Waals surface area contributed by atoms with Crippen molar-refractivity contribution in [1.82, 2.24) is 9.55 Å². The number of fused-ring (bicyclic) bond motifs is 1. The van der Waals surface area contributed by atoms with Crippen molar-refractivity contribution < 1.29 is 9.47 Å². The molecule has 5 nitrogen and oxygen atoms in total. The quantitative estimate of drug-likeness (QED) is 0.786. The molecule has 0 radical (unpaired) electrons. The summed E-state index contributed by atoms with van der Waals surface area (Å²) in [5.41, 5.74) is 1.89. The van der Waals surface area contributed by atoms with Crippen molar-refractivity contribution in [1.29, 1.82) is 0 Å². The topological polar surface area (TPSA) is 53.4 Å². The van der Waals surface area contributed by atoms with E-state index in [1.165, 1.54) is 30.9 Å². The molecule has 2 aliphatic rings. The van der Waals surface area contributed by atoms with E-state index >= 15 is 0 Å². The number of aromatic nitrogens is 2. The molecule has 1 atom stereocenters. The molecule has 0 N–H and O–H groups in total. The lowest BCUT2D eigenvalue weighted by molar-refractivity contribution is 0.0968. The van der Waals surface area contributed by atoms with Gasteiger partial charge in [0.1, 0.15) is 12.4 Å². The Bertz CT molecular complexity index is 883. The fourth-order valence-electron chi connectivity index (χ4n) is 5.25. The molecular weight excluding hydrogens is 352 g/mol. The highest BCUT2D eigenvalue weighted by Gasteiger charge is 2.38. The molecule has 0 amide bonds. The first-order valence-corrected chi connectivity index (χ1v) is 10.2. The van der Waals surface area contributed by atoms with Gasteiger partial charge in [-0.2, -0.15) is 4.98 Å². The number of benzene rings is 1. The molecule has 1 aromatic carbocycles. The van der Waals surface area contributed by atoms with Gasteiger partial charge >= 0.3 is 0 Å². The van der Waals surface area contributed by atoms with Crippen molar-refractivity contribution in [3.05, 3.63) is 52.4 Å². The monoisotopic (exact) mass is 382 g/mol. The zero-order valence-electron chi connectivity index (χ0n) is 17.3. The van der Waals surface area contributed by atoms with Gasteiger partial charge in [0.15, 0.2) is 6.10 Å². The van der Waals surface area contributed by atoms with Gasteiger partial charge in [-0.05, 0) is 53.7 Å². The summed E-state index contributed by atoms with van der Waals surface area (Å²) in [6, 6.07) is 10.4. The third kappa shape index (κ3) is 4.23. The molecule has 0 spiro atoms. The van der Waals surface area contributed by atoms with Crippen molar-refractivity contribution in [3.63, 3.8) is 0 Å². The van der Waals surface area contributed by atoms with E-state index in [9.17, 15) is 4.79 Å². The molecule has 150 valence electrons. The van der Waals surface area contributed by atoms with Crippen molar-refractivity contribution in [3.8, 4) is 11.8 Å². The van der Waals surface area contributed by atoms with E-state index in [4.69, 9.17) is 9.47 Å². The molecule has 2 heterocycles. The zero-order valence-corrected chi connectivity index (χ0v) is 17.3. The lowest BCUT2D eigenvalue weighted by atomic mass is 9.60. The van der Waals surface area contributed by atoms with Crippen LogP contribution < -0.4 is 15.0 Å². The Balaban J connectivity index is 1.36. The highest BCUT2D eigenvalue weighted by molar-refractivity contribution is 5.30. The van der Waals surface area contributed by atoms with E-state index in [1.807, 2.05) is 4.57 Å². The van der Waals surface area contributed by atoms with Gasteiger partial charge in [0.05, 0.1) is 6.54 Å². The van der Waals surface area contributed by atoms with E-state index in [-0.39, 0.29) is 11.7 Å². The number of ether oxygens (including phenoxy) is 2. The second-order valence-electron chi connectivity index (χ2n) is 9.93. The lowest BCUT2D eigenvalue weighted by Crippen LogP contribution is -2.32. The Kier molecular flexibility index (Phi) is 4.72. The van der Waals surface area contributed by atoms with Crippen LogP contribution in [-0.2, 0) is 6.54 Å². The first-order valence-electron chi connectivity index (χ1n) is 10.2. The maximum atomic E-state index is 11.3. The number of hydrogen-bond acceptors (Lipinski definition) is 4. The van der Waals surface area contributed by atoms with Crippen LogP contribution in [0.2, 0.25) is 0 Å². The molecule has 5 heteroatoms. The summed E-state index contributed by atoms with van der Waals surface area (Å²) in [5, 5.41) is 0. The largest absolute Gasteiger partial charge is 0.490 e. The van der Waals surface area contributed by atoms with E-state index in [2.05, 4.69) is 56.9 Å². The third-order valence-electron chi connectivity index (χ3n) is 5.86. The summed E-state index contributed by atoms with van der Waals surface area (Å²) in [7, 11) is 0. The van der Waals surface area contributed by atoms with Crippen LogP contribution in [0.25, 0.3) is 0 Å². The second kappa shape index (κ2) is 6.94. The van der Waals surface area contributed by atoms with Gasteiger partial charge in [-0.15, -0.1) is 0 Å². The molecule has 28 heavy (non-hydrogen) atoms. The molecule has 1 aromatic heterocycles. The average Bonchev–Trinajstić information content (AvgIpc) is 2.99. The van der Waals surface area contributed by atoms with E-state index in [0.717, 1.165) is 5.75 Å². The van der Waals surface area contributed by atoms with Crippen molar-refractivity contribution in [2.75, 3.05) is 6.61 Å². The van der Waals surface area contributed by atoms with Crippen LogP contribution in [0, 0.1) is 10.8 Å². The summed E-state index contributed by atoms with van der Waals surface area (Å²) in [6.07, 6.45) is 5.33. The van der Waals surface area contributed by atoms with Gasteiger partial charge in [0.25, 0.3) is 11.6 Å². The van der Waals surface area contributed by atoms with Gasteiger partial charge in [-0.25, -0.2) is 0 Å². The summed E-state index contributed by atoms with van der Waals surface area (Å²) in [4.78, 5) is 15.2. The van der Waals surface area contributed by atoms with E-state index in [1.54, 1.807) is 6.20 Å². The molecule has 2 aromatic rings. The van der Waals surface area contributed by atoms with Gasteiger partial charge in [0.2, 0.25) is 0 Å². The lowest BCUT2D eigenvalue weighted by Gasteiger charge is -2.45. The summed E-state index contributed by atoms with van der Waals surface area (Å²) >= 11 is 0. The first-order chi connectivity index (χ1) is 13.2. The van der Waals surface area contributed by atoms with Crippen molar-refractivity contribution >= 4 is 0 Å². The van der Waals surface area contributed by atoms with Gasteiger partial charge in [0, 0.05) is 12.3 Å². The minimum Gasteiger partial charge on any atom is -0.490 e. The zero-order chi connectivity index (χ0) is 19.9. The SMILES string of the molecule is CC1(C)CC(c2ccc(OCC3Cn4ccc(=O)nc4O3)cc2)CC(C)(C)C1. The summed E-state index contributed by atoms with van der Waals surface area (Å²) in [5.74, 6) is 1.45.